The molecule has 2 fully saturated rings. The van der Waals surface area contributed by atoms with Gasteiger partial charge in [-0.1, -0.05) is 11.0 Å². The third-order valence-electron chi connectivity index (χ3n) is 6.85. The third kappa shape index (κ3) is 14.4. The Morgan fingerprint density at radius 3 is 1.44 bits per heavy atom. The molecule has 2 aromatic rings. The number of urea groups is 2. The minimum absolute atomic E-state index is 0. The molecule has 270 valence electrons. The predicted octanol–water partition coefficient (Wildman–Crippen LogP) is -15.6. The average Bonchev–Trinajstić information content (AvgIpc) is 2.97. The van der Waals surface area contributed by atoms with Gasteiger partial charge in [0.05, 0.1) is 19.9 Å². The van der Waals surface area contributed by atoms with E-state index in [9.17, 15) is 67.7 Å². The number of rotatable bonds is 10. The number of nitrogens with zero attached hydrogens (tertiary/aromatic N) is 2. The van der Waals surface area contributed by atoms with Crippen molar-refractivity contribution < 1.29 is 199 Å². The van der Waals surface area contributed by atoms with Crippen molar-refractivity contribution in [2.45, 2.75) is 27.5 Å². The fourth-order valence-electron chi connectivity index (χ4n) is 4.69. The second-order valence-electron chi connectivity index (χ2n) is 9.96. The van der Waals surface area contributed by atoms with Crippen LogP contribution in [0.4, 0.5) is 9.59 Å². The zero-order valence-corrected chi connectivity index (χ0v) is 39.6. The molecule has 54 heavy (non-hydrogen) atoms. The first-order valence-electron chi connectivity index (χ1n) is 13.0. The summed E-state index contributed by atoms with van der Waals surface area (Å²) in [7, 11) is -19.1. The number of hydrogen-bond acceptors (Lipinski definition) is 18. The van der Waals surface area contributed by atoms with Gasteiger partial charge in [-0.25, -0.2) is 26.4 Å². The Bertz CT molecular complexity index is 2270. The maximum atomic E-state index is 13.2. The maximum Gasteiger partial charge on any atom is 1.00 e. The number of imide groups is 4. The number of barbiturate groups is 2. The van der Waals surface area contributed by atoms with Gasteiger partial charge in [-0.05, 0) is 30.5 Å². The van der Waals surface area contributed by atoms with E-state index < -0.39 is 129 Å². The fourth-order valence-corrected chi connectivity index (χ4v) is 7.14. The van der Waals surface area contributed by atoms with Gasteiger partial charge < -0.3 is 13.7 Å². The number of carbonyl (C=O) groups is 6. The summed E-state index contributed by atoms with van der Waals surface area (Å²) >= 11 is 0. The van der Waals surface area contributed by atoms with Crippen LogP contribution in [-0.4, -0.2) is 110 Å². The molecule has 2 atom stereocenters. The maximum absolute atomic E-state index is 13.2. The molecule has 2 aliphatic heterocycles. The van der Waals surface area contributed by atoms with Crippen LogP contribution in [0.25, 0.3) is 0 Å². The van der Waals surface area contributed by atoms with Crippen LogP contribution in [0.2, 0.25) is 0 Å². The molecule has 8 amide bonds. The number of carbonyl (C=O) groups excluding carboxylic acids is 6. The molecule has 0 aromatic heterocycles. The van der Waals surface area contributed by atoms with E-state index >= 15 is 0 Å². The Kier molecular flexibility index (Phi) is 22.7. The van der Waals surface area contributed by atoms with Gasteiger partial charge in [-0.2, -0.15) is 24.3 Å². The predicted molar refractivity (Wildman–Crippen MR) is 150 cm³/mol. The van der Waals surface area contributed by atoms with Crippen molar-refractivity contribution in [3.05, 3.63) is 53.6 Å². The van der Waals surface area contributed by atoms with E-state index in [0.717, 1.165) is 18.2 Å². The Morgan fingerprint density at radius 1 is 0.630 bits per heavy atom. The molecule has 2 aromatic carbocycles. The van der Waals surface area contributed by atoms with E-state index in [1.807, 2.05) is 10.6 Å². The minimum Gasteiger partial charge on any atom is -0.754 e. The molecule has 2 N–H and O–H groups in total. The van der Waals surface area contributed by atoms with Crippen LogP contribution in [0.5, 0.6) is 0 Å². The number of benzene rings is 2. The summed E-state index contributed by atoms with van der Waals surface area (Å²) in [5.41, 5.74) is -0.494. The molecular weight excluding hydrogens is 853 g/mol. The molecule has 30 heteroatoms. The molecule has 2 aliphatic rings. The minimum atomic E-state index is -5.52. The van der Waals surface area contributed by atoms with Gasteiger partial charge in [0, 0.05) is 13.1 Å². The molecule has 2 heterocycles. The van der Waals surface area contributed by atoms with Crippen LogP contribution < -0.4 is 129 Å². The fraction of sp³-hybridized carbons (Fsp3) is 0.250. The van der Waals surface area contributed by atoms with E-state index in [0.29, 0.717) is 21.9 Å². The first-order valence-corrected chi connectivity index (χ1v) is 18.2. The summed E-state index contributed by atoms with van der Waals surface area (Å²) in [5, 5.41) is 3.72. The zero-order valence-electron chi connectivity index (χ0n) is 28.3. The largest absolute Gasteiger partial charge is 1.00 e. The molecule has 4 rings (SSSR count). The van der Waals surface area contributed by atoms with Crippen LogP contribution in [-0.2, 0) is 73.0 Å². The second kappa shape index (κ2) is 22.2. The summed E-state index contributed by atoms with van der Waals surface area (Å²) in [6.07, 6.45) is -1.33. The Hall–Kier alpha value is -0.990. The van der Waals surface area contributed by atoms with Gasteiger partial charge in [-0.15, -0.1) is 18.2 Å². The Morgan fingerprint density at radius 2 is 1.04 bits per heavy atom. The van der Waals surface area contributed by atoms with Crippen LogP contribution >= 0.6 is 0 Å². The van der Waals surface area contributed by atoms with Gasteiger partial charge in [-0.3, -0.25) is 48.0 Å². The molecule has 0 radical (unpaired) electrons. The van der Waals surface area contributed by atoms with Crippen molar-refractivity contribution in [2.75, 3.05) is 13.1 Å². The average molecular weight is 871 g/mol. The Balaban J connectivity index is 0. The van der Waals surface area contributed by atoms with Gasteiger partial charge in [0.25, 0.3) is 0 Å². The van der Waals surface area contributed by atoms with Gasteiger partial charge in [0.2, 0.25) is 23.6 Å². The van der Waals surface area contributed by atoms with Crippen molar-refractivity contribution in [3.8, 4) is 0 Å². The van der Waals surface area contributed by atoms with Crippen molar-refractivity contribution in [1.29, 1.82) is 0 Å². The molecule has 0 aliphatic carbocycles. The summed E-state index contributed by atoms with van der Waals surface area (Å²) in [6, 6.07) is 4.86. The van der Waals surface area contributed by atoms with Crippen molar-refractivity contribution in [3.63, 3.8) is 0 Å². The van der Waals surface area contributed by atoms with E-state index in [-0.39, 0.29) is 129 Å². The normalized spacial score (nSPS) is 17.2. The van der Waals surface area contributed by atoms with E-state index in [1.165, 1.54) is 6.07 Å². The third-order valence-corrected chi connectivity index (χ3v) is 9.67. The van der Waals surface area contributed by atoms with Crippen molar-refractivity contribution in [2.24, 2.45) is 11.8 Å². The first kappa shape index (κ1) is 55.1. The molecule has 0 bridgehead atoms. The van der Waals surface area contributed by atoms with Crippen molar-refractivity contribution >= 4 is 76.7 Å². The van der Waals surface area contributed by atoms with E-state index in [2.05, 4.69) is 6.07 Å². The quantitative estimate of drug-likeness (QED) is 0.0969. The van der Waals surface area contributed by atoms with Gasteiger partial charge in [0.1, 0.15) is 32.1 Å². The van der Waals surface area contributed by atoms with Gasteiger partial charge in [0.15, 0.2) is 0 Å². The monoisotopic (exact) mass is 870 g/mol. The van der Waals surface area contributed by atoms with E-state index in [4.69, 9.17) is 12.6 Å². The topological polar surface area (TPSA) is 356 Å². The van der Waals surface area contributed by atoms with Crippen LogP contribution in [0, 0.1) is 17.9 Å². The standard InChI is InChI=1S/C24H21N4O15S3.4Na.O3S/c29-19-14(9-12-5-6-17(45(38,39)40)18(10-12)46(41,42)43)21(31)27(23(33)25-19)7-8-28-22(32)15(20(30)26-24(28)34)11-13-3-1-2-4-16(13)44(35,36)37;;;;;1-4(2)3/h1,3-6,10,14-15H,7-9,11H2,(H,25,29,33)(H,26,30,34)(H,35,36,37)(H,38,39,40)(H,41,42,43);;;;;/q-1;4*+1;/p-3. The smallest absolute Gasteiger partial charge is 0.754 e. The number of hydrogen-bond donors (Lipinski definition) is 2. The molecule has 2 saturated heterocycles. The number of nitrogens with one attached hydrogen (secondary N) is 2. The Labute approximate surface area is 396 Å². The summed E-state index contributed by atoms with van der Waals surface area (Å²) in [5.74, 6) is -8.19. The molecule has 0 saturated carbocycles. The molecule has 0 spiro atoms. The van der Waals surface area contributed by atoms with Gasteiger partial charge >= 0.3 is 141 Å². The second-order valence-corrected chi connectivity index (χ2v) is 14.4. The van der Waals surface area contributed by atoms with Crippen LogP contribution in [0.1, 0.15) is 11.1 Å². The zero-order chi connectivity index (χ0) is 37.9. The number of amides is 8. The van der Waals surface area contributed by atoms with Crippen LogP contribution in [0.3, 0.4) is 0 Å². The molecule has 2 unspecified atom stereocenters. The molecule has 22 nitrogen and oxygen atoms in total. The summed E-state index contributed by atoms with van der Waals surface area (Å²) < 4.78 is 129. The van der Waals surface area contributed by atoms with Crippen molar-refractivity contribution in [1.82, 2.24) is 20.4 Å². The first-order chi connectivity index (χ1) is 22.9. The SMILES string of the molecule is O=C1NC(=O)N(CCN2C(=O)NC(=O)C(Cc3cc[c-]cc3S(=O)(=O)[O-])C2=O)C(=O)C1Cc1ccc(S(=O)(=O)[O-])c(S(=O)(=O)[O-])c1.O=S(=O)=O.[Na+].[Na+].[Na+].[Na+]. The molecular formula is C24H18N4Na4O18S4. The summed E-state index contributed by atoms with van der Waals surface area (Å²) in [6.45, 7) is -1.49. The van der Waals surface area contributed by atoms with Crippen LogP contribution in [0.15, 0.2) is 51.1 Å². The van der Waals surface area contributed by atoms with E-state index in [1.54, 1.807) is 0 Å². The summed E-state index contributed by atoms with van der Waals surface area (Å²) in [4.78, 5) is 73.5.